The van der Waals surface area contributed by atoms with Crippen LogP contribution in [0.1, 0.15) is 17.3 Å². The Labute approximate surface area is 129 Å². The molecule has 4 N–H and O–H groups in total. The average molecular weight is 301 g/mol. The molecule has 2 aromatic rings. The lowest BCUT2D eigenvalue weighted by Gasteiger charge is -2.13. The average Bonchev–Trinajstić information content (AvgIpc) is 2.50. The molecule has 0 radical (unpaired) electrons. The molecule has 0 bridgehead atoms. The van der Waals surface area contributed by atoms with E-state index in [2.05, 4.69) is 10.6 Å². The van der Waals surface area contributed by atoms with Crippen LogP contribution in [0.2, 0.25) is 0 Å². The summed E-state index contributed by atoms with van der Waals surface area (Å²) in [6.45, 7) is 2.48. The molecule has 4 nitrogen and oxygen atoms in total. The number of hydrogen-bond donors (Lipinski definition) is 3. The Bertz CT molecular complexity index is 643. The van der Waals surface area contributed by atoms with Crippen molar-refractivity contribution >= 4 is 34.7 Å². The number of nitrogens with one attached hydrogen (secondary N) is 2. The lowest BCUT2D eigenvalue weighted by Crippen LogP contribution is -2.22. The first kappa shape index (κ1) is 15.3. The van der Waals surface area contributed by atoms with E-state index in [-0.39, 0.29) is 5.91 Å². The van der Waals surface area contributed by atoms with Gasteiger partial charge in [-0.3, -0.25) is 4.79 Å². The Kier molecular flexibility index (Phi) is 5.11. The van der Waals surface area contributed by atoms with E-state index in [9.17, 15) is 4.79 Å². The number of nitrogens with two attached hydrogens (primary N) is 1. The first-order valence-electron chi connectivity index (χ1n) is 6.73. The highest BCUT2D eigenvalue weighted by atomic mass is 32.2. The van der Waals surface area contributed by atoms with Crippen molar-refractivity contribution in [2.24, 2.45) is 0 Å². The zero-order chi connectivity index (χ0) is 15.2. The largest absolute Gasteiger partial charge is 0.397 e. The summed E-state index contributed by atoms with van der Waals surface area (Å²) in [6.07, 6.45) is 2.03. The Morgan fingerprint density at radius 2 is 1.95 bits per heavy atom. The van der Waals surface area contributed by atoms with Gasteiger partial charge in [0, 0.05) is 17.0 Å². The van der Waals surface area contributed by atoms with E-state index in [1.54, 1.807) is 23.9 Å². The van der Waals surface area contributed by atoms with Gasteiger partial charge >= 0.3 is 0 Å². The molecule has 0 aliphatic rings. The van der Waals surface area contributed by atoms with Crippen LogP contribution in [0.5, 0.6) is 0 Å². The van der Waals surface area contributed by atoms with E-state index in [0.29, 0.717) is 17.8 Å². The molecule has 0 spiro atoms. The molecule has 0 unspecified atom stereocenters. The number of carbonyl (C=O) groups is 1. The number of nitrogen functional groups attached to an aromatic ring is 1. The fraction of sp³-hybridized carbons (Fsp3) is 0.188. The van der Waals surface area contributed by atoms with Crippen molar-refractivity contribution in [1.29, 1.82) is 0 Å². The predicted molar refractivity (Wildman–Crippen MR) is 90.4 cm³/mol. The number of carbonyl (C=O) groups excluding carboxylic acids is 1. The molecule has 0 aromatic heterocycles. The minimum absolute atomic E-state index is 0.111. The molecule has 2 aromatic carbocycles. The van der Waals surface area contributed by atoms with Gasteiger partial charge in [0.2, 0.25) is 0 Å². The Hall–Kier alpha value is -2.14. The monoisotopic (exact) mass is 301 g/mol. The summed E-state index contributed by atoms with van der Waals surface area (Å²) >= 11 is 1.67. The van der Waals surface area contributed by atoms with Crippen molar-refractivity contribution in [3.63, 3.8) is 0 Å². The molecule has 0 saturated carbocycles. The van der Waals surface area contributed by atoms with Crippen LogP contribution in [0.3, 0.4) is 0 Å². The molecule has 1 amide bonds. The van der Waals surface area contributed by atoms with Crippen molar-refractivity contribution in [2.75, 3.05) is 23.9 Å². The van der Waals surface area contributed by atoms with Crippen molar-refractivity contribution in [3.05, 3.63) is 48.0 Å². The Morgan fingerprint density at radius 1 is 1.19 bits per heavy atom. The van der Waals surface area contributed by atoms with Crippen LogP contribution < -0.4 is 16.4 Å². The smallest absolute Gasteiger partial charge is 0.251 e. The second kappa shape index (κ2) is 7.04. The molecule has 0 heterocycles. The number of para-hydroxylation sites is 1. The van der Waals surface area contributed by atoms with Crippen LogP contribution in [0.4, 0.5) is 17.1 Å². The van der Waals surface area contributed by atoms with Crippen LogP contribution in [0, 0.1) is 0 Å². The number of anilines is 3. The molecule has 2 rings (SSSR count). The fourth-order valence-electron chi connectivity index (χ4n) is 1.97. The molecule has 5 heteroatoms. The highest BCUT2D eigenvalue weighted by Gasteiger charge is 2.08. The van der Waals surface area contributed by atoms with Crippen molar-refractivity contribution < 1.29 is 4.79 Å². The van der Waals surface area contributed by atoms with Crippen LogP contribution >= 0.6 is 11.8 Å². The van der Waals surface area contributed by atoms with Gasteiger partial charge in [-0.25, -0.2) is 0 Å². The highest BCUT2D eigenvalue weighted by Crippen LogP contribution is 2.30. The van der Waals surface area contributed by atoms with Gasteiger partial charge in [0.25, 0.3) is 5.91 Å². The first-order chi connectivity index (χ1) is 10.2. The van der Waals surface area contributed by atoms with Crippen molar-refractivity contribution in [1.82, 2.24) is 5.32 Å². The summed E-state index contributed by atoms with van der Waals surface area (Å²) in [6, 6.07) is 13.3. The number of benzene rings is 2. The molecule has 0 atom stereocenters. The summed E-state index contributed by atoms with van der Waals surface area (Å²) in [5.74, 6) is -0.111. The minimum Gasteiger partial charge on any atom is -0.397 e. The summed E-state index contributed by atoms with van der Waals surface area (Å²) in [4.78, 5) is 12.9. The number of rotatable bonds is 5. The van der Waals surface area contributed by atoms with Crippen molar-refractivity contribution in [2.45, 2.75) is 11.8 Å². The number of thioether (sulfide) groups is 1. The van der Waals surface area contributed by atoms with Gasteiger partial charge in [-0.15, -0.1) is 11.8 Å². The van der Waals surface area contributed by atoms with Crippen LogP contribution in [-0.2, 0) is 0 Å². The molecule has 21 heavy (non-hydrogen) atoms. The normalized spacial score (nSPS) is 10.2. The number of hydrogen-bond acceptors (Lipinski definition) is 4. The van der Waals surface area contributed by atoms with Gasteiger partial charge in [0.15, 0.2) is 0 Å². The van der Waals surface area contributed by atoms with Crippen LogP contribution in [0.15, 0.2) is 47.4 Å². The van der Waals surface area contributed by atoms with Gasteiger partial charge in [-0.2, -0.15) is 0 Å². The van der Waals surface area contributed by atoms with E-state index in [1.165, 1.54) is 0 Å². The maximum atomic E-state index is 11.8. The van der Waals surface area contributed by atoms with E-state index in [0.717, 1.165) is 16.3 Å². The highest BCUT2D eigenvalue weighted by molar-refractivity contribution is 7.98. The van der Waals surface area contributed by atoms with Gasteiger partial charge < -0.3 is 16.4 Å². The van der Waals surface area contributed by atoms with E-state index < -0.39 is 0 Å². The van der Waals surface area contributed by atoms with Crippen LogP contribution in [-0.4, -0.2) is 18.7 Å². The summed E-state index contributed by atoms with van der Waals surface area (Å²) in [5.41, 5.74) is 8.96. The zero-order valence-electron chi connectivity index (χ0n) is 12.1. The van der Waals surface area contributed by atoms with E-state index in [1.807, 2.05) is 43.5 Å². The standard InChI is InChI=1S/C16H19N3OS/c1-3-18-16(20)11-8-9-13(12(17)10-11)19-14-6-4-5-7-15(14)21-2/h4-10,19H,3,17H2,1-2H3,(H,18,20). The predicted octanol–water partition coefficient (Wildman–Crippen LogP) is 3.48. The topological polar surface area (TPSA) is 67.2 Å². The second-order valence-corrected chi connectivity index (χ2v) is 5.33. The minimum atomic E-state index is -0.111. The van der Waals surface area contributed by atoms with Gasteiger partial charge in [0.05, 0.1) is 17.1 Å². The summed E-state index contributed by atoms with van der Waals surface area (Å²) < 4.78 is 0. The third-order valence-corrected chi connectivity index (χ3v) is 3.82. The molecule has 110 valence electrons. The van der Waals surface area contributed by atoms with Gasteiger partial charge in [0.1, 0.15) is 0 Å². The SMILES string of the molecule is CCNC(=O)c1ccc(Nc2ccccc2SC)c(N)c1. The van der Waals surface area contributed by atoms with Gasteiger partial charge in [-0.1, -0.05) is 12.1 Å². The van der Waals surface area contributed by atoms with Crippen LogP contribution in [0.25, 0.3) is 0 Å². The molecular weight excluding hydrogens is 282 g/mol. The molecule has 0 aliphatic carbocycles. The molecule has 0 fully saturated rings. The quantitative estimate of drug-likeness (QED) is 0.584. The lowest BCUT2D eigenvalue weighted by molar-refractivity contribution is 0.0956. The maximum absolute atomic E-state index is 11.8. The number of amides is 1. The van der Waals surface area contributed by atoms with E-state index in [4.69, 9.17) is 5.73 Å². The van der Waals surface area contributed by atoms with Crippen molar-refractivity contribution in [3.8, 4) is 0 Å². The summed E-state index contributed by atoms with van der Waals surface area (Å²) in [5, 5.41) is 6.07. The Balaban J connectivity index is 2.23. The second-order valence-electron chi connectivity index (χ2n) is 4.49. The molecule has 0 saturated heterocycles. The summed E-state index contributed by atoms with van der Waals surface area (Å²) in [7, 11) is 0. The first-order valence-corrected chi connectivity index (χ1v) is 7.96. The maximum Gasteiger partial charge on any atom is 0.251 e. The third kappa shape index (κ3) is 3.70. The lowest BCUT2D eigenvalue weighted by atomic mass is 10.1. The fourth-order valence-corrected chi connectivity index (χ4v) is 2.53. The van der Waals surface area contributed by atoms with E-state index >= 15 is 0 Å². The zero-order valence-corrected chi connectivity index (χ0v) is 13.0. The van der Waals surface area contributed by atoms with Gasteiger partial charge in [-0.05, 0) is 43.5 Å². The molecular formula is C16H19N3OS. The third-order valence-electron chi connectivity index (χ3n) is 3.03. The molecule has 0 aliphatic heterocycles. The Morgan fingerprint density at radius 3 is 2.62 bits per heavy atom.